The number of piperazine rings is 1. The van der Waals surface area contributed by atoms with Crippen molar-refractivity contribution in [2.24, 2.45) is 0 Å². The lowest BCUT2D eigenvalue weighted by molar-refractivity contribution is 0.0240. The van der Waals surface area contributed by atoms with Crippen LogP contribution in [-0.2, 0) is 11.3 Å². The zero-order chi connectivity index (χ0) is 30.5. The standard InChI is InChI=1S/C33H35N9O2/c1-33(2,3)44-32(43)41-19-17-40(18-20-41)27-11-9-25(10-12-27)37-31-36-16-13-29(38-31)28-23-42(22-26-8-4-5-15-35-26)39-30(28)24-7-6-14-34-21-24/h4-16,21,23H,17-20,22H2,1-3H3,(H,36,37,38). The molecule has 11 nitrogen and oxygen atoms in total. The summed E-state index contributed by atoms with van der Waals surface area (Å²) in [5.74, 6) is 0.482. The van der Waals surface area contributed by atoms with Gasteiger partial charge in [0.25, 0.3) is 0 Å². The van der Waals surface area contributed by atoms with Crippen molar-refractivity contribution in [2.45, 2.75) is 32.9 Å². The number of ether oxygens (including phenoxy) is 1. The largest absolute Gasteiger partial charge is 0.444 e. The van der Waals surface area contributed by atoms with E-state index in [2.05, 4.69) is 37.3 Å². The first-order valence-electron chi connectivity index (χ1n) is 14.6. The lowest BCUT2D eigenvalue weighted by Crippen LogP contribution is -2.50. The van der Waals surface area contributed by atoms with E-state index in [9.17, 15) is 4.79 Å². The summed E-state index contributed by atoms with van der Waals surface area (Å²) < 4.78 is 7.40. The number of nitrogens with one attached hydrogen (secondary N) is 1. The van der Waals surface area contributed by atoms with Crippen molar-refractivity contribution >= 4 is 23.4 Å². The van der Waals surface area contributed by atoms with Gasteiger partial charge in [0.1, 0.15) is 11.3 Å². The highest BCUT2D eigenvalue weighted by Gasteiger charge is 2.26. The van der Waals surface area contributed by atoms with E-state index in [1.54, 1.807) is 29.7 Å². The second kappa shape index (κ2) is 12.5. The maximum Gasteiger partial charge on any atom is 0.410 e. The van der Waals surface area contributed by atoms with E-state index in [4.69, 9.17) is 14.8 Å². The second-order valence-electron chi connectivity index (χ2n) is 11.5. The molecule has 11 heteroatoms. The molecule has 1 amide bonds. The van der Waals surface area contributed by atoms with Crippen molar-refractivity contribution in [2.75, 3.05) is 36.4 Å². The van der Waals surface area contributed by atoms with Crippen molar-refractivity contribution in [3.8, 4) is 22.5 Å². The molecule has 1 fully saturated rings. The number of benzene rings is 1. The monoisotopic (exact) mass is 589 g/mol. The first-order valence-corrected chi connectivity index (χ1v) is 14.6. The summed E-state index contributed by atoms with van der Waals surface area (Å²) in [6.45, 7) is 8.91. The minimum atomic E-state index is -0.496. The highest BCUT2D eigenvalue weighted by Crippen LogP contribution is 2.30. The molecule has 0 bridgehead atoms. The Kier molecular flexibility index (Phi) is 8.18. The Hall–Kier alpha value is -5.32. The number of aromatic nitrogens is 6. The summed E-state index contributed by atoms with van der Waals surface area (Å²) in [5.41, 5.74) is 5.69. The number of anilines is 3. The van der Waals surface area contributed by atoms with Crippen LogP contribution in [0.1, 0.15) is 26.5 Å². The lowest BCUT2D eigenvalue weighted by Gasteiger charge is -2.36. The molecule has 1 aliphatic rings. The van der Waals surface area contributed by atoms with Crippen LogP contribution < -0.4 is 10.2 Å². The van der Waals surface area contributed by atoms with Crippen molar-refractivity contribution < 1.29 is 9.53 Å². The summed E-state index contributed by atoms with van der Waals surface area (Å²) >= 11 is 0. The number of carbonyl (C=O) groups excluding carboxylic acids is 1. The molecular weight excluding hydrogens is 554 g/mol. The topological polar surface area (TPSA) is 114 Å². The molecule has 4 aromatic heterocycles. The van der Waals surface area contributed by atoms with Gasteiger partial charge >= 0.3 is 6.09 Å². The number of hydrogen-bond donors (Lipinski definition) is 1. The third-order valence-corrected chi connectivity index (χ3v) is 7.10. The molecule has 0 atom stereocenters. The van der Waals surface area contributed by atoms with Crippen LogP contribution in [0.3, 0.4) is 0 Å². The Morgan fingerprint density at radius 2 is 1.73 bits per heavy atom. The SMILES string of the molecule is CC(C)(C)OC(=O)N1CCN(c2ccc(Nc3nccc(-c4cn(Cc5ccccn5)nc4-c4cccnc4)n3)cc2)CC1. The predicted molar refractivity (Wildman–Crippen MR) is 170 cm³/mol. The fourth-order valence-electron chi connectivity index (χ4n) is 4.99. The van der Waals surface area contributed by atoms with Crippen LogP contribution in [0.15, 0.2) is 91.6 Å². The first-order chi connectivity index (χ1) is 21.3. The molecule has 1 N–H and O–H groups in total. The van der Waals surface area contributed by atoms with Gasteiger partial charge in [-0.3, -0.25) is 14.6 Å². The van der Waals surface area contributed by atoms with Gasteiger partial charge in [0.05, 0.1) is 17.9 Å². The number of rotatable bonds is 7. The summed E-state index contributed by atoms with van der Waals surface area (Å²) in [6.07, 6.45) is 8.80. The van der Waals surface area contributed by atoms with Gasteiger partial charge in [-0.1, -0.05) is 6.07 Å². The number of carbonyl (C=O) groups is 1. The minimum absolute atomic E-state index is 0.257. The number of amides is 1. The van der Waals surface area contributed by atoms with Crippen LogP contribution in [-0.4, -0.2) is 72.5 Å². The van der Waals surface area contributed by atoms with E-state index in [1.165, 1.54) is 0 Å². The molecule has 6 rings (SSSR count). The number of nitrogens with zero attached hydrogens (tertiary/aromatic N) is 8. The van der Waals surface area contributed by atoms with E-state index in [0.717, 1.165) is 52.7 Å². The zero-order valence-electron chi connectivity index (χ0n) is 25.1. The van der Waals surface area contributed by atoms with Crippen molar-refractivity contribution in [1.82, 2.24) is 34.6 Å². The van der Waals surface area contributed by atoms with Gasteiger partial charge in [-0.05, 0) is 75.4 Å². The molecule has 0 spiro atoms. The normalized spacial score (nSPS) is 13.5. The van der Waals surface area contributed by atoms with Gasteiger partial charge < -0.3 is 19.9 Å². The Labute approximate surface area is 256 Å². The molecule has 0 saturated carbocycles. The summed E-state index contributed by atoms with van der Waals surface area (Å²) in [6, 6.07) is 19.8. The van der Waals surface area contributed by atoms with Gasteiger partial charge in [-0.2, -0.15) is 5.10 Å². The number of hydrogen-bond acceptors (Lipinski definition) is 9. The predicted octanol–water partition coefficient (Wildman–Crippen LogP) is 5.65. The molecular formula is C33H35N9O2. The molecule has 1 aliphatic heterocycles. The highest BCUT2D eigenvalue weighted by molar-refractivity contribution is 5.78. The van der Waals surface area contributed by atoms with E-state index in [0.29, 0.717) is 25.6 Å². The highest BCUT2D eigenvalue weighted by atomic mass is 16.6. The first kappa shape index (κ1) is 28.8. The Bertz CT molecular complexity index is 1690. The quantitative estimate of drug-likeness (QED) is 0.257. The number of pyridine rings is 2. The van der Waals surface area contributed by atoms with Crippen LogP contribution in [0.5, 0.6) is 0 Å². The fourth-order valence-corrected chi connectivity index (χ4v) is 4.99. The van der Waals surface area contributed by atoms with Gasteiger partial charge in [0, 0.05) is 79.7 Å². The van der Waals surface area contributed by atoms with Crippen LogP contribution in [0.25, 0.3) is 22.5 Å². The van der Waals surface area contributed by atoms with Crippen LogP contribution in [0, 0.1) is 0 Å². The molecule has 0 unspecified atom stereocenters. The van der Waals surface area contributed by atoms with Gasteiger partial charge in [0.2, 0.25) is 5.95 Å². The average molecular weight is 590 g/mol. The maximum atomic E-state index is 12.4. The van der Waals surface area contributed by atoms with E-state index in [1.807, 2.05) is 80.2 Å². The molecule has 1 aromatic carbocycles. The van der Waals surface area contributed by atoms with E-state index in [-0.39, 0.29) is 6.09 Å². The average Bonchev–Trinajstić information content (AvgIpc) is 3.45. The Morgan fingerprint density at radius 3 is 2.43 bits per heavy atom. The van der Waals surface area contributed by atoms with Crippen LogP contribution in [0.2, 0.25) is 0 Å². The third-order valence-electron chi connectivity index (χ3n) is 7.10. The molecule has 5 heterocycles. The van der Waals surface area contributed by atoms with Gasteiger partial charge in [0.15, 0.2) is 0 Å². The van der Waals surface area contributed by atoms with Gasteiger partial charge in [-0.25, -0.2) is 14.8 Å². The van der Waals surface area contributed by atoms with Gasteiger partial charge in [-0.15, -0.1) is 0 Å². The molecule has 224 valence electrons. The Balaban J connectivity index is 1.15. The van der Waals surface area contributed by atoms with E-state index >= 15 is 0 Å². The summed E-state index contributed by atoms with van der Waals surface area (Å²) in [5, 5.41) is 8.21. The van der Waals surface area contributed by atoms with E-state index < -0.39 is 5.60 Å². The minimum Gasteiger partial charge on any atom is -0.444 e. The lowest BCUT2D eigenvalue weighted by atomic mass is 10.1. The molecule has 5 aromatic rings. The zero-order valence-corrected chi connectivity index (χ0v) is 25.1. The third kappa shape index (κ3) is 7.00. The van der Waals surface area contributed by atoms with Crippen molar-refractivity contribution in [1.29, 1.82) is 0 Å². The van der Waals surface area contributed by atoms with Crippen molar-refractivity contribution in [3.05, 3.63) is 97.3 Å². The molecule has 0 aliphatic carbocycles. The smallest absolute Gasteiger partial charge is 0.410 e. The molecule has 0 radical (unpaired) electrons. The molecule has 44 heavy (non-hydrogen) atoms. The maximum absolute atomic E-state index is 12.4. The Morgan fingerprint density at radius 1 is 0.909 bits per heavy atom. The van der Waals surface area contributed by atoms with Crippen LogP contribution in [0.4, 0.5) is 22.1 Å². The fraction of sp³-hybridized carbons (Fsp3) is 0.273. The summed E-state index contributed by atoms with van der Waals surface area (Å²) in [4.78, 5) is 34.5. The van der Waals surface area contributed by atoms with Crippen molar-refractivity contribution in [3.63, 3.8) is 0 Å². The summed E-state index contributed by atoms with van der Waals surface area (Å²) in [7, 11) is 0. The van der Waals surface area contributed by atoms with Crippen LogP contribution >= 0.6 is 0 Å². The molecule has 1 saturated heterocycles. The second-order valence-corrected chi connectivity index (χ2v) is 11.5.